The number of piperazine rings is 1. The van der Waals surface area contributed by atoms with Gasteiger partial charge in [0.05, 0.1) is 6.54 Å². The zero-order valence-corrected chi connectivity index (χ0v) is 20.4. The molecule has 1 aliphatic heterocycles. The Balaban J connectivity index is 0.00000364. The Morgan fingerprint density at radius 3 is 2.48 bits per heavy atom. The molecule has 1 aliphatic rings. The predicted octanol–water partition coefficient (Wildman–Crippen LogP) is 2.65. The van der Waals surface area contributed by atoms with Gasteiger partial charge in [-0.2, -0.15) is 11.8 Å². The van der Waals surface area contributed by atoms with E-state index in [2.05, 4.69) is 71.6 Å². The van der Waals surface area contributed by atoms with Gasteiger partial charge in [0.1, 0.15) is 5.82 Å². The Bertz CT molecular complexity index is 570. The summed E-state index contributed by atoms with van der Waals surface area (Å²) in [6.07, 6.45) is 4.09. The van der Waals surface area contributed by atoms with E-state index in [-0.39, 0.29) is 28.7 Å². The number of thioether (sulfide) groups is 1. The smallest absolute Gasteiger partial charge is 0.191 e. The Morgan fingerprint density at radius 2 is 1.93 bits per heavy atom. The van der Waals surface area contributed by atoms with E-state index >= 15 is 0 Å². The summed E-state index contributed by atoms with van der Waals surface area (Å²) in [4.78, 5) is 14.0. The van der Waals surface area contributed by atoms with Gasteiger partial charge in [-0.25, -0.2) is 9.98 Å². The first-order chi connectivity index (χ1) is 12.4. The number of hydrogen-bond acceptors (Lipinski definition) is 5. The number of likely N-dealkylation sites (N-methyl/N-ethyl adjacent to an activating group) is 1. The van der Waals surface area contributed by atoms with Gasteiger partial charge in [0, 0.05) is 50.2 Å². The van der Waals surface area contributed by atoms with Gasteiger partial charge in [-0.05, 0) is 45.7 Å². The number of guanidine groups is 1. The number of pyridine rings is 1. The van der Waals surface area contributed by atoms with Crippen LogP contribution in [0.5, 0.6) is 0 Å². The average Bonchev–Trinajstić information content (AvgIpc) is 2.65. The summed E-state index contributed by atoms with van der Waals surface area (Å²) in [6.45, 7) is 13.2. The van der Waals surface area contributed by atoms with Crippen LogP contribution in [0.2, 0.25) is 0 Å². The molecule has 8 heteroatoms. The topological polar surface area (TPSA) is 55.8 Å². The van der Waals surface area contributed by atoms with E-state index in [1.54, 1.807) is 0 Å². The molecule has 27 heavy (non-hydrogen) atoms. The molecule has 154 valence electrons. The van der Waals surface area contributed by atoms with Gasteiger partial charge in [0.25, 0.3) is 0 Å². The SMILES string of the molecule is CCNC(=NCc1ccc(N2CCN(C)CC2)nc1)NCC(C)(C)SC.I. The van der Waals surface area contributed by atoms with Crippen molar-refractivity contribution in [2.75, 3.05) is 57.5 Å². The van der Waals surface area contributed by atoms with E-state index in [9.17, 15) is 0 Å². The second-order valence-corrected chi connectivity index (χ2v) is 8.84. The number of aliphatic imine (C=N–C) groups is 1. The zero-order chi connectivity index (χ0) is 19.0. The van der Waals surface area contributed by atoms with Crippen LogP contribution in [0.4, 0.5) is 5.82 Å². The first-order valence-electron chi connectivity index (χ1n) is 9.39. The molecule has 1 saturated heterocycles. The normalized spacial score (nSPS) is 16.0. The fourth-order valence-corrected chi connectivity index (χ4v) is 2.83. The molecule has 0 radical (unpaired) electrons. The maximum Gasteiger partial charge on any atom is 0.191 e. The molecule has 6 nitrogen and oxygen atoms in total. The molecule has 0 aliphatic carbocycles. The van der Waals surface area contributed by atoms with Gasteiger partial charge < -0.3 is 20.4 Å². The minimum Gasteiger partial charge on any atom is -0.357 e. The van der Waals surface area contributed by atoms with Crippen molar-refractivity contribution in [2.45, 2.75) is 32.1 Å². The lowest BCUT2D eigenvalue weighted by atomic mass is 10.2. The first kappa shape index (κ1) is 24.3. The van der Waals surface area contributed by atoms with E-state index in [0.29, 0.717) is 6.54 Å². The number of hydrogen-bond donors (Lipinski definition) is 2. The third-order valence-corrected chi connectivity index (χ3v) is 5.88. The molecule has 0 saturated carbocycles. The van der Waals surface area contributed by atoms with Crippen LogP contribution >= 0.6 is 35.7 Å². The number of halogens is 1. The van der Waals surface area contributed by atoms with E-state index in [1.807, 2.05) is 18.0 Å². The van der Waals surface area contributed by atoms with Gasteiger partial charge in [-0.1, -0.05) is 6.07 Å². The fourth-order valence-electron chi connectivity index (χ4n) is 2.61. The summed E-state index contributed by atoms with van der Waals surface area (Å²) in [5.41, 5.74) is 1.13. The van der Waals surface area contributed by atoms with Gasteiger partial charge in [-0.15, -0.1) is 24.0 Å². The Morgan fingerprint density at radius 1 is 1.22 bits per heavy atom. The van der Waals surface area contributed by atoms with Gasteiger partial charge >= 0.3 is 0 Å². The molecule has 0 atom stereocenters. The van der Waals surface area contributed by atoms with Crippen LogP contribution in [0.15, 0.2) is 23.3 Å². The highest BCUT2D eigenvalue weighted by Crippen LogP contribution is 2.19. The molecule has 1 aromatic rings. The largest absolute Gasteiger partial charge is 0.357 e. The molecule has 0 amide bonds. The molecule has 0 aromatic carbocycles. The maximum atomic E-state index is 4.70. The molecule has 2 N–H and O–H groups in total. The molecule has 1 aromatic heterocycles. The van der Waals surface area contributed by atoms with Crippen LogP contribution in [-0.4, -0.2) is 73.2 Å². The monoisotopic (exact) mass is 506 g/mol. The lowest BCUT2D eigenvalue weighted by Gasteiger charge is -2.33. The highest BCUT2D eigenvalue weighted by atomic mass is 127. The molecule has 0 bridgehead atoms. The summed E-state index contributed by atoms with van der Waals surface area (Å²) in [7, 11) is 2.17. The highest BCUT2D eigenvalue weighted by molar-refractivity contribution is 14.0. The molecular formula is C19H35IN6S. The van der Waals surface area contributed by atoms with E-state index in [1.165, 1.54) is 0 Å². The van der Waals surface area contributed by atoms with Crippen molar-refractivity contribution in [3.05, 3.63) is 23.9 Å². The van der Waals surface area contributed by atoms with Crippen LogP contribution < -0.4 is 15.5 Å². The second-order valence-electron chi connectivity index (χ2n) is 7.33. The van der Waals surface area contributed by atoms with Crippen LogP contribution in [0.1, 0.15) is 26.3 Å². The van der Waals surface area contributed by atoms with Crippen molar-refractivity contribution in [2.24, 2.45) is 4.99 Å². The van der Waals surface area contributed by atoms with Crippen molar-refractivity contribution in [1.82, 2.24) is 20.5 Å². The van der Waals surface area contributed by atoms with E-state index < -0.39 is 0 Å². The molecule has 2 heterocycles. The summed E-state index contributed by atoms with van der Waals surface area (Å²) in [5, 5.41) is 6.75. The Hall–Kier alpha value is -0.740. The van der Waals surface area contributed by atoms with E-state index in [4.69, 9.17) is 4.99 Å². The number of nitrogens with zero attached hydrogens (tertiary/aromatic N) is 4. The van der Waals surface area contributed by atoms with Gasteiger partial charge in [0.2, 0.25) is 0 Å². The standard InChI is InChI=1S/C19H34N6S.HI/c1-6-20-18(23-15-19(2,3)26-5)22-14-16-7-8-17(21-13-16)25-11-9-24(4)10-12-25;/h7-8,13H,6,9-12,14-15H2,1-5H3,(H2,20,22,23);1H. The summed E-state index contributed by atoms with van der Waals surface area (Å²) < 4.78 is 0.182. The number of anilines is 1. The highest BCUT2D eigenvalue weighted by Gasteiger charge is 2.16. The quantitative estimate of drug-likeness (QED) is 0.337. The molecule has 2 rings (SSSR count). The van der Waals surface area contributed by atoms with Gasteiger partial charge in [0.15, 0.2) is 5.96 Å². The predicted molar refractivity (Wildman–Crippen MR) is 130 cm³/mol. The van der Waals surface area contributed by atoms with Crippen LogP contribution in [-0.2, 0) is 6.54 Å². The minimum atomic E-state index is 0. The Labute approximate surface area is 186 Å². The lowest BCUT2D eigenvalue weighted by Crippen LogP contribution is -2.44. The van der Waals surface area contributed by atoms with Crippen molar-refractivity contribution >= 4 is 47.5 Å². The minimum absolute atomic E-state index is 0. The summed E-state index contributed by atoms with van der Waals surface area (Å²) in [6, 6.07) is 4.26. The lowest BCUT2D eigenvalue weighted by molar-refractivity contribution is 0.312. The second kappa shape index (κ2) is 12.0. The molecular weight excluding hydrogens is 471 g/mol. The third kappa shape index (κ3) is 8.43. The zero-order valence-electron chi connectivity index (χ0n) is 17.3. The number of nitrogens with one attached hydrogen (secondary N) is 2. The van der Waals surface area contributed by atoms with Crippen molar-refractivity contribution in [3.63, 3.8) is 0 Å². The first-order valence-corrected chi connectivity index (χ1v) is 10.6. The fraction of sp³-hybridized carbons (Fsp3) is 0.684. The summed E-state index contributed by atoms with van der Waals surface area (Å²) >= 11 is 1.85. The Kier molecular flexibility index (Phi) is 10.8. The van der Waals surface area contributed by atoms with Crippen LogP contribution in [0.25, 0.3) is 0 Å². The maximum absolute atomic E-state index is 4.70. The van der Waals surface area contributed by atoms with Crippen molar-refractivity contribution in [1.29, 1.82) is 0 Å². The van der Waals surface area contributed by atoms with Crippen molar-refractivity contribution < 1.29 is 0 Å². The van der Waals surface area contributed by atoms with Crippen LogP contribution in [0, 0.1) is 0 Å². The van der Waals surface area contributed by atoms with Gasteiger partial charge in [-0.3, -0.25) is 0 Å². The van der Waals surface area contributed by atoms with Crippen LogP contribution in [0.3, 0.4) is 0 Å². The number of aromatic nitrogens is 1. The molecule has 0 unspecified atom stereocenters. The average molecular weight is 507 g/mol. The molecule has 1 fully saturated rings. The molecule has 0 spiro atoms. The third-order valence-electron chi connectivity index (χ3n) is 4.63. The van der Waals surface area contributed by atoms with Crippen molar-refractivity contribution in [3.8, 4) is 0 Å². The number of rotatable bonds is 7. The summed E-state index contributed by atoms with van der Waals surface area (Å²) in [5.74, 6) is 1.93. The van der Waals surface area contributed by atoms with E-state index in [0.717, 1.165) is 56.6 Å².